The van der Waals surface area contributed by atoms with E-state index >= 15 is 0 Å². The van der Waals surface area contributed by atoms with E-state index in [4.69, 9.17) is 4.74 Å². The van der Waals surface area contributed by atoms with Crippen LogP contribution in [0.2, 0.25) is 0 Å². The highest BCUT2D eigenvalue weighted by atomic mass is 32.2. The Bertz CT molecular complexity index is 651. The van der Waals surface area contributed by atoms with Crippen LogP contribution in [0.4, 0.5) is 0 Å². The van der Waals surface area contributed by atoms with Gasteiger partial charge < -0.3 is 4.74 Å². The van der Waals surface area contributed by atoms with Crippen LogP contribution in [-0.2, 0) is 9.84 Å². The van der Waals surface area contributed by atoms with Crippen molar-refractivity contribution in [3.05, 3.63) is 36.7 Å². The van der Waals surface area contributed by atoms with Crippen molar-refractivity contribution < 1.29 is 13.2 Å². The molecule has 2 rings (SSSR count). The molecule has 0 amide bonds. The van der Waals surface area contributed by atoms with Gasteiger partial charge in [-0.25, -0.2) is 18.4 Å². The van der Waals surface area contributed by atoms with Gasteiger partial charge in [0, 0.05) is 24.2 Å². The number of benzene rings is 1. The van der Waals surface area contributed by atoms with Gasteiger partial charge in [0.1, 0.15) is 5.69 Å². The SMILES string of the molecule is COc1nccnc1-c1ccc(S(C)(=O)=O)cc1. The summed E-state index contributed by atoms with van der Waals surface area (Å²) in [5.41, 5.74) is 1.34. The molecule has 1 aromatic heterocycles. The summed E-state index contributed by atoms with van der Waals surface area (Å²) in [7, 11) is -1.67. The van der Waals surface area contributed by atoms with Crippen LogP contribution in [0.1, 0.15) is 0 Å². The van der Waals surface area contributed by atoms with E-state index in [0.29, 0.717) is 11.6 Å². The van der Waals surface area contributed by atoms with Crippen LogP contribution < -0.4 is 4.74 Å². The number of rotatable bonds is 3. The lowest BCUT2D eigenvalue weighted by atomic mass is 10.1. The Morgan fingerprint density at radius 3 is 2.22 bits per heavy atom. The Hall–Kier alpha value is -1.95. The Labute approximate surface area is 105 Å². The molecule has 1 aromatic carbocycles. The summed E-state index contributed by atoms with van der Waals surface area (Å²) >= 11 is 0. The summed E-state index contributed by atoms with van der Waals surface area (Å²) < 4.78 is 27.8. The van der Waals surface area contributed by atoms with Crippen LogP contribution >= 0.6 is 0 Å². The zero-order chi connectivity index (χ0) is 13.2. The van der Waals surface area contributed by atoms with Gasteiger partial charge in [-0.05, 0) is 12.1 Å². The fourth-order valence-electron chi connectivity index (χ4n) is 1.53. The third-order valence-electron chi connectivity index (χ3n) is 2.41. The van der Waals surface area contributed by atoms with Crippen molar-refractivity contribution in [1.29, 1.82) is 0 Å². The summed E-state index contributed by atoms with van der Waals surface area (Å²) in [5, 5.41) is 0. The second-order valence-electron chi connectivity index (χ2n) is 3.71. The van der Waals surface area contributed by atoms with Crippen molar-refractivity contribution in [1.82, 2.24) is 9.97 Å². The molecule has 5 nitrogen and oxygen atoms in total. The van der Waals surface area contributed by atoms with Gasteiger partial charge >= 0.3 is 0 Å². The largest absolute Gasteiger partial charge is 0.479 e. The highest BCUT2D eigenvalue weighted by Gasteiger charge is 2.10. The maximum atomic E-state index is 11.4. The van der Waals surface area contributed by atoms with Crippen LogP contribution in [-0.4, -0.2) is 31.8 Å². The molecule has 18 heavy (non-hydrogen) atoms. The minimum atomic E-state index is -3.18. The average molecular weight is 264 g/mol. The maximum absolute atomic E-state index is 11.4. The van der Waals surface area contributed by atoms with Crippen LogP contribution in [0, 0.1) is 0 Å². The molecular weight excluding hydrogens is 252 g/mol. The molecule has 0 atom stereocenters. The Balaban J connectivity index is 2.47. The topological polar surface area (TPSA) is 69.2 Å². The second kappa shape index (κ2) is 4.73. The fraction of sp³-hybridized carbons (Fsp3) is 0.167. The smallest absolute Gasteiger partial charge is 0.240 e. The molecule has 0 bridgehead atoms. The molecule has 0 aliphatic carbocycles. The minimum Gasteiger partial charge on any atom is -0.479 e. The summed E-state index contributed by atoms with van der Waals surface area (Å²) in [6, 6.07) is 6.45. The van der Waals surface area contributed by atoms with E-state index in [1.807, 2.05) is 0 Å². The molecule has 0 aliphatic rings. The van der Waals surface area contributed by atoms with E-state index in [2.05, 4.69) is 9.97 Å². The third-order valence-corrected chi connectivity index (χ3v) is 3.54. The molecule has 0 unspecified atom stereocenters. The predicted octanol–water partition coefficient (Wildman–Crippen LogP) is 1.56. The van der Waals surface area contributed by atoms with E-state index in [1.54, 1.807) is 30.5 Å². The minimum absolute atomic E-state index is 0.272. The lowest BCUT2D eigenvalue weighted by molar-refractivity contribution is 0.398. The summed E-state index contributed by atoms with van der Waals surface area (Å²) in [5.74, 6) is 0.407. The fourth-order valence-corrected chi connectivity index (χ4v) is 2.16. The molecule has 2 aromatic rings. The Kier molecular flexibility index (Phi) is 3.29. The van der Waals surface area contributed by atoms with Crippen molar-refractivity contribution in [2.45, 2.75) is 4.90 Å². The van der Waals surface area contributed by atoms with E-state index in [1.165, 1.54) is 19.6 Å². The summed E-state index contributed by atoms with van der Waals surface area (Å²) in [4.78, 5) is 8.49. The number of nitrogens with zero attached hydrogens (tertiary/aromatic N) is 2. The molecule has 0 aliphatic heterocycles. The van der Waals surface area contributed by atoms with Gasteiger partial charge in [-0.1, -0.05) is 12.1 Å². The average Bonchev–Trinajstić information content (AvgIpc) is 2.38. The van der Waals surface area contributed by atoms with Crippen LogP contribution in [0.25, 0.3) is 11.3 Å². The van der Waals surface area contributed by atoms with Gasteiger partial charge in [0.15, 0.2) is 9.84 Å². The van der Waals surface area contributed by atoms with Gasteiger partial charge in [-0.3, -0.25) is 0 Å². The van der Waals surface area contributed by atoms with Crippen molar-refractivity contribution >= 4 is 9.84 Å². The quantitative estimate of drug-likeness (QED) is 0.841. The molecule has 0 N–H and O–H groups in total. The Morgan fingerprint density at radius 2 is 1.67 bits per heavy atom. The van der Waals surface area contributed by atoms with Gasteiger partial charge in [-0.15, -0.1) is 0 Å². The third kappa shape index (κ3) is 2.48. The number of ether oxygens (including phenoxy) is 1. The number of aromatic nitrogens is 2. The lowest BCUT2D eigenvalue weighted by Gasteiger charge is -2.06. The number of hydrogen-bond donors (Lipinski definition) is 0. The summed E-state index contributed by atoms with van der Waals surface area (Å²) in [6.07, 6.45) is 4.26. The first kappa shape index (κ1) is 12.5. The zero-order valence-corrected chi connectivity index (χ0v) is 10.8. The standard InChI is InChI=1S/C12H12N2O3S/c1-17-12-11(13-7-8-14-12)9-3-5-10(6-4-9)18(2,15)16/h3-8H,1-2H3. The monoisotopic (exact) mass is 264 g/mol. The second-order valence-corrected chi connectivity index (χ2v) is 5.73. The lowest BCUT2D eigenvalue weighted by Crippen LogP contribution is -1.97. The summed E-state index contributed by atoms with van der Waals surface area (Å²) in [6.45, 7) is 0. The molecule has 0 fully saturated rings. The van der Waals surface area contributed by atoms with Crippen LogP contribution in [0.5, 0.6) is 5.88 Å². The van der Waals surface area contributed by atoms with Crippen LogP contribution in [0.3, 0.4) is 0 Å². The normalized spacial score (nSPS) is 11.2. The van der Waals surface area contributed by atoms with Crippen LogP contribution in [0.15, 0.2) is 41.6 Å². The highest BCUT2D eigenvalue weighted by molar-refractivity contribution is 7.90. The first-order valence-corrected chi connectivity index (χ1v) is 7.07. The van der Waals surface area contributed by atoms with Crippen molar-refractivity contribution in [3.8, 4) is 17.1 Å². The van der Waals surface area contributed by atoms with Gasteiger partial charge in [0.2, 0.25) is 5.88 Å². The maximum Gasteiger partial charge on any atom is 0.240 e. The predicted molar refractivity (Wildman–Crippen MR) is 67.1 cm³/mol. The van der Waals surface area contributed by atoms with Crippen molar-refractivity contribution in [2.24, 2.45) is 0 Å². The number of methoxy groups -OCH3 is 1. The van der Waals surface area contributed by atoms with Crippen molar-refractivity contribution in [3.63, 3.8) is 0 Å². The van der Waals surface area contributed by atoms with E-state index in [9.17, 15) is 8.42 Å². The highest BCUT2D eigenvalue weighted by Crippen LogP contribution is 2.25. The van der Waals surface area contributed by atoms with Crippen molar-refractivity contribution in [2.75, 3.05) is 13.4 Å². The first-order valence-electron chi connectivity index (χ1n) is 5.18. The van der Waals surface area contributed by atoms with Gasteiger partial charge in [0.05, 0.1) is 12.0 Å². The molecule has 6 heteroatoms. The molecule has 1 heterocycles. The van der Waals surface area contributed by atoms with E-state index in [0.717, 1.165) is 5.56 Å². The number of sulfone groups is 1. The zero-order valence-electron chi connectivity index (χ0n) is 9.99. The van der Waals surface area contributed by atoms with Gasteiger partial charge in [-0.2, -0.15) is 0 Å². The molecule has 94 valence electrons. The molecule has 0 radical (unpaired) electrons. The number of hydrogen-bond acceptors (Lipinski definition) is 5. The molecule has 0 saturated carbocycles. The Morgan fingerprint density at radius 1 is 1.06 bits per heavy atom. The van der Waals surface area contributed by atoms with E-state index < -0.39 is 9.84 Å². The first-order chi connectivity index (χ1) is 8.52. The molecule has 0 saturated heterocycles. The molecular formula is C12H12N2O3S. The molecule has 0 spiro atoms. The van der Waals surface area contributed by atoms with E-state index in [-0.39, 0.29) is 4.90 Å². The van der Waals surface area contributed by atoms with Gasteiger partial charge in [0.25, 0.3) is 0 Å².